The average Bonchev–Trinajstić information content (AvgIpc) is 2.15. The van der Waals surface area contributed by atoms with E-state index in [1.54, 1.807) is 21.6 Å². The summed E-state index contributed by atoms with van der Waals surface area (Å²) < 4.78 is 4.51. The second-order valence-electron chi connectivity index (χ2n) is 2.46. The summed E-state index contributed by atoms with van der Waals surface area (Å²) in [5.41, 5.74) is 0. The molecule has 0 aliphatic carbocycles. The maximum atomic E-state index is 10.1. The largest absolute Gasteiger partial charge is 0.481 e. The lowest BCUT2D eigenvalue weighted by molar-refractivity contribution is -0.137. The first kappa shape index (κ1) is 13.6. The van der Waals surface area contributed by atoms with Gasteiger partial charge in [0.1, 0.15) is 0 Å². The van der Waals surface area contributed by atoms with Gasteiger partial charge in [-0.15, -0.1) is 0 Å². The molecule has 0 aliphatic heterocycles. The Balaban J connectivity index is 2.92. The first-order valence-electron chi connectivity index (χ1n) is 4.29. The van der Waals surface area contributed by atoms with Crippen LogP contribution in [0.2, 0.25) is 0 Å². The van der Waals surface area contributed by atoms with Crippen molar-refractivity contribution in [1.29, 1.82) is 0 Å². The molecule has 0 aromatic carbocycles. The minimum Gasteiger partial charge on any atom is -0.481 e. The molecular formula is C8H14O4S2. The molecule has 14 heavy (non-hydrogen) atoms. The highest BCUT2D eigenvalue weighted by atomic mass is 33.1. The second kappa shape index (κ2) is 10.7. The quantitative estimate of drug-likeness (QED) is 0.356. The fourth-order valence-electron chi connectivity index (χ4n) is 0.649. The van der Waals surface area contributed by atoms with Crippen molar-refractivity contribution in [3.05, 3.63) is 0 Å². The minimum absolute atomic E-state index is 0.238. The number of hydrogen-bond donors (Lipinski definition) is 1. The third-order valence-electron chi connectivity index (χ3n) is 1.26. The van der Waals surface area contributed by atoms with E-state index in [0.29, 0.717) is 19.5 Å². The fraction of sp³-hybridized carbons (Fsp3) is 0.750. The molecule has 0 heterocycles. The van der Waals surface area contributed by atoms with Gasteiger partial charge in [-0.2, -0.15) is 0 Å². The van der Waals surface area contributed by atoms with Crippen LogP contribution in [-0.2, 0) is 14.3 Å². The van der Waals surface area contributed by atoms with E-state index in [9.17, 15) is 9.59 Å². The van der Waals surface area contributed by atoms with Crippen molar-refractivity contribution in [2.75, 3.05) is 18.1 Å². The first-order chi connectivity index (χ1) is 6.77. The number of rotatable bonds is 10. The van der Waals surface area contributed by atoms with Crippen LogP contribution in [0, 0.1) is 0 Å². The molecule has 0 aliphatic rings. The van der Waals surface area contributed by atoms with E-state index in [2.05, 4.69) is 4.74 Å². The van der Waals surface area contributed by atoms with E-state index in [-0.39, 0.29) is 6.42 Å². The summed E-state index contributed by atoms with van der Waals surface area (Å²) in [5, 5.41) is 8.35. The van der Waals surface area contributed by atoms with Crippen molar-refractivity contribution in [3.63, 3.8) is 0 Å². The lowest BCUT2D eigenvalue weighted by atomic mass is 10.3. The molecule has 6 heteroatoms. The Hall–Kier alpha value is -0.360. The van der Waals surface area contributed by atoms with Crippen LogP contribution in [0.5, 0.6) is 0 Å². The Labute approximate surface area is 91.2 Å². The van der Waals surface area contributed by atoms with E-state index < -0.39 is 5.97 Å². The van der Waals surface area contributed by atoms with Crippen LogP contribution in [0.15, 0.2) is 0 Å². The molecule has 0 rings (SSSR count). The highest BCUT2D eigenvalue weighted by molar-refractivity contribution is 8.76. The summed E-state index contributed by atoms with van der Waals surface area (Å²) in [6, 6.07) is 0. The summed E-state index contributed by atoms with van der Waals surface area (Å²) in [7, 11) is 3.35. The van der Waals surface area contributed by atoms with Crippen molar-refractivity contribution in [2.45, 2.75) is 19.3 Å². The van der Waals surface area contributed by atoms with Gasteiger partial charge in [-0.3, -0.25) is 9.59 Å². The highest BCUT2D eigenvalue weighted by Crippen LogP contribution is 2.22. The Morgan fingerprint density at radius 2 is 1.93 bits per heavy atom. The first-order valence-corrected chi connectivity index (χ1v) is 6.77. The van der Waals surface area contributed by atoms with Gasteiger partial charge in [0.05, 0.1) is 6.61 Å². The van der Waals surface area contributed by atoms with E-state index in [4.69, 9.17) is 5.11 Å². The zero-order valence-corrected chi connectivity index (χ0v) is 9.44. The number of carboxylic acid groups (broad SMARTS) is 1. The molecule has 0 aromatic rings. The molecule has 0 saturated carbocycles. The Kier molecular flexibility index (Phi) is 10.4. The van der Waals surface area contributed by atoms with Crippen LogP contribution in [0.25, 0.3) is 0 Å². The van der Waals surface area contributed by atoms with Gasteiger partial charge in [-0.05, 0) is 12.8 Å². The van der Waals surface area contributed by atoms with Crippen LogP contribution in [0.3, 0.4) is 0 Å². The molecule has 0 saturated heterocycles. The third kappa shape index (κ3) is 11.6. The second-order valence-corrected chi connectivity index (χ2v) is 5.16. The maximum absolute atomic E-state index is 10.1. The van der Waals surface area contributed by atoms with Crippen molar-refractivity contribution in [3.8, 4) is 0 Å². The number of carbonyl (C=O) groups excluding carboxylic acids is 1. The monoisotopic (exact) mass is 238 g/mol. The van der Waals surface area contributed by atoms with Crippen molar-refractivity contribution < 1.29 is 19.4 Å². The van der Waals surface area contributed by atoms with E-state index >= 15 is 0 Å². The van der Waals surface area contributed by atoms with Gasteiger partial charge in [-0.1, -0.05) is 21.6 Å². The molecule has 4 nitrogen and oxygen atoms in total. The molecule has 1 N–H and O–H groups in total. The van der Waals surface area contributed by atoms with Gasteiger partial charge < -0.3 is 9.84 Å². The Bertz CT molecular complexity index is 163. The SMILES string of the molecule is O=COCCCSSCCCC(=O)O. The zero-order valence-electron chi connectivity index (χ0n) is 7.81. The smallest absolute Gasteiger partial charge is 0.303 e. The summed E-state index contributed by atoms with van der Waals surface area (Å²) in [6.45, 7) is 0.914. The van der Waals surface area contributed by atoms with Gasteiger partial charge in [0.15, 0.2) is 0 Å². The molecule has 0 fully saturated rings. The summed E-state index contributed by atoms with van der Waals surface area (Å²) in [5.74, 6) is 1.03. The molecule has 0 spiro atoms. The molecule has 0 bridgehead atoms. The van der Waals surface area contributed by atoms with Gasteiger partial charge in [-0.25, -0.2) is 0 Å². The predicted molar refractivity (Wildman–Crippen MR) is 58.4 cm³/mol. The molecule has 0 radical (unpaired) electrons. The molecule has 0 amide bonds. The van der Waals surface area contributed by atoms with Crippen LogP contribution in [0.4, 0.5) is 0 Å². The Morgan fingerprint density at radius 3 is 2.50 bits per heavy atom. The Morgan fingerprint density at radius 1 is 1.29 bits per heavy atom. The molecule has 0 aromatic heterocycles. The van der Waals surface area contributed by atoms with Gasteiger partial charge in [0.25, 0.3) is 6.47 Å². The summed E-state index contributed by atoms with van der Waals surface area (Å²) in [4.78, 5) is 19.9. The van der Waals surface area contributed by atoms with Gasteiger partial charge in [0, 0.05) is 17.9 Å². The van der Waals surface area contributed by atoms with Crippen LogP contribution in [0.1, 0.15) is 19.3 Å². The van der Waals surface area contributed by atoms with Crippen LogP contribution < -0.4 is 0 Å². The molecular weight excluding hydrogens is 224 g/mol. The van der Waals surface area contributed by atoms with Crippen LogP contribution >= 0.6 is 21.6 Å². The van der Waals surface area contributed by atoms with Crippen molar-refractivity contribution in [2.24, 2.45) is 0 Å². The van der Waals surface area contributed by atoms with Crippen LogP contribution in [-0.4, -0.2) is 35.7 Å². The zero-order chi connectivity index (χ0) is 10.6. The minimum atomic E-state index is -0.741. The average molecular weight is 238 g/mol. The topological polar surface area (TPSA) is 63.6 Å². The number of hydrogen-bond acceptors (Lipinski definition) is 5. The highest BCUT2D eigenvalue weighted by Gasteiger charge is 1.96. The van der Waals surface area contributed by atoms with Crippen molar-refractivity contribution >= 4 is 34.0 Å². The number of aliphatic carboxylic acids is 1. The number of carboxylic acids is 1. The summed E-state index contributed by atoms with van der Waals surface area (Å²) in [6.07, 6.45) is 1.79. The molecule has 0 unspecified atom stereocenters. The lowest BCUT2D eigenvalue weighted by Crippen LogP contribution is -1.94. The number of ether oxygens (including phenoxy) is 1. The fourth-order valence-corrected chi connectivity index (χ4v) is 2.80. The lowest BCUT2D eigenvalue weighted by Gasteiger charge is -1.99. The standard InChI is InChI=1S/C8H14O4S2/c9-7-12-4-2-6-14-13-5-1-3-8(10)11/h7H,1-6H2,(H,10,11). The summed E-state index contributed by atoms with van der Waals surface area (Å²) >= 11 is 0. The molecule has 82 valence electrons. The third-order valence-corrected chi connectivity index (χ3v) is 3.84. The predicted octanol–water partition coefficient (Wildman–Crippen LogP) is 1.80. The van der Waals surface area contributed by atoms with E-state index in [1.165, 1.54) is 0 Å². The van der Waals surface area contributed by atoms with Crippen molar-refractivity contribution in [1.82, 2.24) is 0 Å². The maximum Gasteiger partial charge on any atom is 0.303 e. The van der Waals surface area contributed by atoms with E-state index in [0.717, 1.165) is 17.9 Å². The number of carbonyl (C=O) groups is 2. The van der Waals surface area contributed by atoms with E-state index in [1.807, 2.05) is 0 Å². The normalized spacial score (nSPS) is 9.71. The van der Waals surface area contributed by atoms with Gasteiger partial charge >= 0.3 is 5.97 Å². The molecule has 0 atom stereocenters. The van der Waals surface area contributed by atoms with Gasteiger partial charge in [0.2, 0.25) is 0 Å².